The van der Waals surface area contributed by atoms with E-state index in [1.165, 1.54) is 0 Å². The highest BCUT2D eigenvalue weighted by Crippen LogP contribution is 2.31. The number of nitrogens with two attached hydrogens (primary N) is 1. The number of rotatable bonds is 3. The third-order valence-electron chi connectivity index (χ3n) is 2.11. The summed E-state index contributed by atoms with van der Waals surface area (Å²) in [6, 6.07) is -0.413. The zero-order valence-electron chi connectivity index (χ0n) is 6.84. The van der Waals surface area contributed by atoms with Crippen LogP contribution in [0.4, 0.5) is 8.78 Å². The summed E-state index contributed by atoms with van der Waals surface area (Å²) < 4.78 is 25.5. The van der Waals surface area contributed by atoms with Gasteiger partial charge < -0.3 is 10.8 Å². The van der Waals surface area contributed by atoms with Gasteiger partial charge in [-0.1, -0.05) is 0 Å². The molecule has 0 radical (unpaired) electrons. The number of alkyl halides is 2. The van der Waals surface area contributed by atoms with Crippen LogP contribution in [0.1, 0.15) is 6.42 Å². The molecule has 72 valence electrons. The number of halogens is 2. The second-order valence-electron chi connectivity index (χ2n) is 3.16. The monoisotopic (exact) mass is 180 g/mol. The molecule has 1 rings (SSSR count). The summed E-state index contributed by atoms with van der Waals surface area (Å²) in [7, 11) is 0. The van der Waals surface area contributed by atoms with Crippen molar-refractivity contribution in [3.8, 4) is 0 Å². The number of hydrogen-bond acceptors (Lipinski definition) is 3. The van der Waals surface area contributed by atoms with E-state index in [1.807, 2.05) is 0 Å². The molecule has 3 nitrogen and oxygen atoms in total. The SMILES string of the molecule is NCCN1CC(F)(F)C[C@H]1CO. The van der Waals surface area contributed by atoms with E-state index in [2.05, 4.69) is 0 Å². The highest BCUT2D eigenvalue weighted by Gasteiger charge is 2.43. The second-order valence-corrected chi connectivity index (χ2v) is 3.16. The lowest BCUT2D eigenvalue weighted by Gasteiger charge is -2.20. The predicted molar refractivity (Wildman–Crippen MR) is 41.1 cm³/mol. The van der Waals surface area contributed by atoms with E-state index in [-0.39, 0.29) is 19.6 Å². The lowest BCUT2D eigenvalue weighted by atomic mass is 10.2. The molecule has 0 aromatic carbocycles. The van der Waals surface area contributed by atoms with Gasteiger partial charge >= 0.3 is 0 Å². The minimum Gasteiger partial charge on any atom is -0.395 e. The van der Waals surface area contributed by atoms with Crippen LogP contribution in [-0.4, -0.2) is 48.2 Å². The van der Waals surface area contributed by atoms with E-state index in [1.54, 1.807) is 4.90 Å². The van der Waals surface area contributed by atoms with Crippen molar-refractivity contribution in [2.24, 2.45) is 5.73 Å². The molecule has 0 unspecified atom stereocenters. The summed E-state index contributed by atoms with van der Waals surface area (Å²) in [6.07, 6.45) is -0.247. The van der Waals surface area contributed by atoms with Gasteiger partial charge in [-0.3, -0.25) is 4.90 Å². The largest absolute Gasteiger partial charge is 0.395 e. The first-order chi connectivity index (χ1) is 5.59. The van der Waals surface area contributed by atoms with Crippen LogP contribution >= 0.6 is 0 Å². The average molecular weight is 180 g/mol. The minimum absolute atomic E-state index is 0.213. The molecule has 1 aliphatic rings. The molecule has 5 heteroatoms. The number of aliphatic hydroxyl groups excluding tert-OH is 1. The van der Waals surface area contributed by atoms with Crippen molar-refractivity contribution in [1.82, 2.24) is 4.90 Å². The maximum absolute atomic E-state index is 12.8. The molecule has 0 amide bonds. The van der Waals surface area contributed by atoms with E-state index in [0.29, 0.717) is 13.1 Å². The maximum Gasteiger partial charge on any atom is 0.262 e. The highest BCUT2D eigenvalue weighted by atomic mass is 19.3. The zero-order chi connectivity index (χ0) is 9.19. The predicted octanol–water partition coefficient (Wildman–Crippen LogP) is -0.353. The molecule has 0 aromatic rings. The van der Waals surface area contributed by atoms with Gasteiger partial charge in [-0.2, -0.15) is 0 Å². The molecule has 12 heavy (non-hydrogen) atoms. The summed E-state index contributed by atoms with van der Waals surface area (Å²) in [5, 5.41) is 8.78. The first-order valence-corrected chi connectivity index (χ1v) is 4.02. The Morgan fingerprint density at radius 3 is 2.75 bits per heavy atom. The van der Waals surface area contributed by atoms with Crippen LogP contribution in [0.2, 0.25) is 0 Å². The van der Waals surface area contributed by atoms with E-state index in [4.69, 9.17) is 10.8 Å². The van der Waals surface area contributed by atoms with Crippen LogP contribution in [0.25, 0.3) is 0 Å². The molecule has 0 bridgehead atoms. The van der Waals surface area contributed by atoms with E-state index < -0.39 is 12.0 Å². The number of nitrogens with zero attached hydrogens (tertiary/aromatic N) is 1. The maximum atomic E-state index is 12.8. The van der Waals surface area contributed by atoms with Crippen LogP contribution in [-0.2, 0) is 0 Å². The standard InChI is InChI=1S/C7H14F2N2O/c8-7(9)3-6(4-12)11(5-7)2-1-10/h6,12H,1-5,10H2/t6-/m0/s1. The Bertz CT molecular complexity index is 154. The third-order valence-corrected chi connectivity index (χ3v) is 2.11. The Balaban J connectivity index is 2.50. The van der Waals surface area contributed by atoms with E-state index in [0.717, 1.165) is 0 Å². The Morgan fingerprint density at radius 1 is 1.58 bits per heavy atom. The molecular weight excluding hydrogens is 166 g/mol. The van der Waals surface area contributed by atoms with Gasteiger partial charge in [-0.05, 0) is 0 Å². The average Bonchev–Trinajstić information content (AvgIpc) is 2.26. The summed E-state index contributed by atoms with van der Waals surface area (Å²) in [5.41, 5.74) is 5.25. The summed E-state index contributed by atoms with van der Waals surface area (Å²) in [6.45, 7) is 0.304. The van der Waals surface area contributed by atoms with E-state index in [9.17, 15) is 8.78 Å². The fourth-order valence-corrected chi connectivity index (χ4v) is 1.57. The lowest BCUT2D eigenvalue weighted by molar-refractivity contribution is 0.0120. The van der Waals surface area contributed by atoms with Gasteiger partial charge in [0.25, 0.3) is 5.92 Å². The Kier molecular flexibility index (Phi) is 2.98. The van der Waals surface area contributed by atoms with Crippen molar-refractivity contribution in [1.29, 1.82) is 0 Å². The molecule has 1 fully saturated rings. The van der Waals surface area contributed by atoms with Gasteiger partial charge in [0.2, 0.25) is 0 Å². The van der Waals surface area contributed by atoms with Crippen molar-refractivity contribution < 1.29 is 13.9 Å². The van der Waals surface area contributed by atoms with Crippen molar-refractivity contribution in [2.45, 2.75) is 18.4 Å². The van der Waals surface area contributed by atoms with Crippen molar-refractivity contribution in [3.63, 3.8) is 0 Å². The second kappa shape index (κ2) is 3.64. The summed E-state index contributed by atoms with van der Waals surface area (Å²) >= 11 is 0. The lowest BCUT2D eigenvalue weighted by Crippen LogP contribution is -2.36. The van der Waals surface area contributed by atoms with Crippen molar-refractivity contribution >= 4 is 0 Å². The number of hydrogen-bond donors (Lipinski definition) is 2. The van der Waals surface area contributed by atoms with Crippen LogP contribution in [0, 0.1) is 0 Å². The zero-order valence-corrected chi connectivity index (χ0v) is 6.84. The minimum atomic E-state index is -2.65. The smallest absolute Gasteiger partial charge is 0.262 e. The molecule has 0 aliphatic carbocycles. The molecule has 1 heterocycles. The molecule has 0 aromatic heterocycles. The fraction of sp³-hybridized carbons (Fsp3) is 1.00. The van der Waals surface area contributed by atoms with Gasteiger partial charge in [0, 0.05) is 25.6 Å². The van der Waals surface area contributed by atoms with Crippen LogP contribution in [0.3, 0.4) is 0 Å². The molecular formula is C7H14F2N2O. The first kappa shape index (κ1) is 9.83. The fourth-order valence-electron chi connectivity index (χ4n) is 1.57. The molecule has 1 aliphatic heterocycles. The van der Waals surface area contributed by atoms with Crippen LogP contribution in [0.15, 0.2) is 0 Å². The van der Waals surface area contributed by atoms with Crippen molar-refractivity contribution in [3.05, 3.63) is 0 Å². The Labute approximate surface area is 70.1 Å². The quantitative estimate of drug-likeness (QED) is 0.624. The van der Waals surface area contributed by atoms with Gasteiger partial charge in [-0.25, -0.2) is 8.78 Å². The molecule has 1 atom stereocenters. The third kappa shape index (κ3) is 2.12. The summed E-state index contributed by atoms with van der Waals surface area (Å²) in [4.78, 5) is 1.54. The van der Waals surface area contributed by atoms with Gasteiger partial charge in [-0.15, -0.1) is 0 Å². The Morgan fingerprint density at radius 2 is 2.25 bits per heavy atom. The molecule has 0 saturated carbocycles. The van der Waals surface area contributed by atoms with Gasteiger partial charge in [0.15, 0.2) is 0 Å². The van der Waals surface area contributed by atoms with Crippen LogP contribution in [0.5, 0.6) is 0 Å². The normalized spacial score (nSPS) is 29.5. The Hall–Kier alpha value is -0.260. The summed E-state index contributed by atoms with van der Waals surface area (Å²) in [5.74, 6) is -2.65. The highest BCUT2D eigenvalue weighted by molar-refractivity contribution is 4.89. The molecule has 1 saturated heterocycles. The number of aliphatic hydroxyl groups is 1. The van der Waals surface area contributed by atoms with Gasteiger partial charge in [0.1, 0.15) is 0 Å². The van der Waals surface area contributed by atoms with Crippen molar-refractivity contribution in [2.75, 3.05) is 26.2 Å². The van der Waals surface area contributed by atoms with Gasteiger partial charge in [0.05, 0.1) is 13.2 Å². The number of likely N-dealkylation sites (tertiary alicyclic amines) is 1. The first-order valence-electron chi connectivity index (χ1n) is 4.02. The topological polar surface area (TPSA) is 49.5 Å². The molecule has 0 spiro atoms. The van der Waals surface area contributed by atoms with E-state index >= 15 is 0 Å². The van der Waals surface area contributed by atoms with Crippen LogP contribution < -0.4 is 5.73 Å². The molecule has 3 N–H and O–H groups in total.